The molecule has 0 bridgehead atoms. The number of hydrogen-bond acceptors (Lipinski definition) is 4. The van der Waals surface area contributed by atoms with Crippen molar-refractivity contribution >= 4 is 23.4 Å². The van der Waals surface area contributed by atoms with E-state index in [0.29, 0.717) is 6.54 Å². The number of nitrogens with zero attached hydrogens (tertiary/aromatic N) is 3. The zero-order valence-electron chi connectivity index (χ0n) is 19.8. The van der Waals surface area contributed by atoms with Crippen LogP contribution in [0.3, 0.4) is 0 Å². The lowest BCUT2D eigenvalue weighted by molar-refractivity contribution is -0.133. The zero-order valence-corrected chi connectivity index (χ0v) is 19.8. The van der Waals surface area contributed by atoms with Gasteiger partial charge in [0.05, 0.1) is 18.6 Å². The summed E-state index contributed by atoms with van der Waals surface area (Å²) in [5.74, 6) is -3.19. The standard InChI is InChI=1S/C26H25F2N5O3/c1-15-3-5-16(6-4-15)12-29-25(36)26(2)13-32-14-30-21(22(32)24(35)33(26)18-8-9-18)23(34)31-20-11-17(27)7-10-19(20)28/h3-7,10-11,14,18H,8-9,12-13H2,1-2H3,(H,29,36)(H,31,34). The van der Waals surface area contributed by atoms with Crippen LogP contribution in [0.25, 0.3) is 0 Å². The van der Waals surface area contributed by atoms with Crippen molar-refractivity contribution in [3.8, 4) is 0 Å². The minimum atomic E-state index is -1.20. The Labute approximate surface area is 206 Å². The van der Waals surface area contributed by atoms with Gasteiger partial charge in [0.25, 0.3) is 11.8 Å². The first-order valence-corrected chi connectivity index (χ1v) is 11.7. The molecule has 1 saturated carbocycles. The van der Waals surface area contributed by atoms with Crippen molar-refractivity contribution in [2.75, 3.05) is 5.32 Å². The highest BCUT2D eigenvalue weighted by atomic mass is 19.1. The number of carbonyl (C=O) groups excluding carboxylic acids is 3. The van der Waals surface area contributed by atoms with Crippen LogP contribution in [0.15, 0.2) is 48.8 Å². The summed E-state index contributed by atoms with van der Waals surface area (Å²) in [4.78, 5) is 45.6. The molecule has 5 rings (SSSR count). The van der Waals surface area contributed by atoms with E-state index >= 15 is 0 Å². The maximum Gasteiger partial charge on any atom is 0.276 e. The average molecular weight is 494 g/mol. The van der Waals surface area contributed by atoms with Crippen LogP contribution in [0.2, 0.25) is 0 Å². The van der Waals surface area contributed by atoms with Crippen LogP contribution < -0.4 is 10.6 Å². The maximum absolute atomic E-state index is 14.0. The number of anilines is 1. The zero-order chi connectivity index (χ0) is 25.6. The van der Waals surface area contributed by atoms with E-state index in [1.54, 1.807) is 6.92 Å². The SMILES string of the molecule is Cc1ccc(CNC(=O)C2(C)Cn3cnc(C(=O)Nc4cc(F)ccc4F)c3C(=O)N2C2CC2)cc1. The smallest absolute Gasteiger partial charge is 0.276 e. The van der Waals surface area contributed by atoms with Crippen LogP contribution >= 0.6 is 0 Å². The molecule has 8 nitrogen and oxygen atoms in total. The molecule has 2 aromatic carbocycles. The van der Waals surface area contributed by atoms with Gasteiger partial charge in [0.1, 0.15) is 22.9 Å². The van der Waals surface area contributed by atoms with E-state index in [4.69, 9.17) is 0 Å². The Morgan fingerprint density at radius 3 is 2.56 bits per heavy atom. The third-order valence-electron chi connectivity index (χ3n) is 6.64. The molecule has 1 aliphatic carbocycles. The summed E-state index contributed by atoms with van der Waals surface area (Å²) < 4.78 is 29.1. The van der Waals surface area contributed by atoms with Gasteiger partial charge in [-0.25, -0.2) is 13.8 Å². The summed E-state index contributed by atoms with van der Waals surface area (Å²) in [7, 11) is 0. The van der Waals surface area contributed by atoms with Gasteiger partial charge < -0.3 is 20.1 Å². The molecule has 0 saturated heterocycles. The first kappa shape index (κ1) is 23.7. The van der Waals surface area contributed by atoms with Crippen molar-refractivity contribution in [3.05, 3.63) is 82.9 Å². The number of nitrogens with one attached hydrogen (secondary N) is 2. The molecule has 0 radical (unpaired) electrons. The number of carbonyl (C=O) groups is 3. The largest absolute Gasteiger partial charge is 0.350 e. The van der Waals surface area contributed by atoms with E-state index in [9.17, 15) is 23.2 Å². The summed E-state index contributed by atoms with van der Waals surface area (Å²) in [6.07, 6.45) is 2.81. The molecular formula is C26H25F2N5O3. The van der Waals surface area contributed by atoms with Crippen LogP contribution in [0.4, 0.5) is 14.5 Å². The van der Waals surface area contributed by atoms with Crippen molar-refractivity contribution in [2.24, 2.45) is 0 Å². The van der Waals surface area contributed by atoms with Gasteiger partial charge >= 0.3 is 0 Å². The topological polar surface area (TPSA) is 96.3 Å². The Morgan fingerprint density at radius 1 is 1.14 bits per heavy atom. The second-order valence-electron chi connectivity index (χ2n) is 9.50. The number of imidazole rings is 1. The van der Waals surface area contributed by atoms with E-state index in [0.717, 1.165) is 42.2 Å². The Kier molecular flexibility index (Phi) is 5.82. The van der Waals surface area contributed by atoms with E-state index in [2.05, 4.69) is 15.6 Å². The van der Waals surface area contributed by atoms with Gasteiger partial charge in [-0.05, 0) is 44.4 Å². The second-order valence-corrected chi connectivity index (χ2v) is 9.50. The predicted octanol–water partition coefficient (Wildman–Crippen LogP) is 3.42. The minimum Gasteiger partial charge on any atom is -0.350 e. The van der Waals surface area contributed by atoms with Crippen LogP contribution in [-0.4, -0.2) is 43.8 Å². The molecule has 1 aromatic heterocycles. The maximum atomic E-state index is 14.0. The Balaban J connectivity index is 1.41. The lowest BCUT2D eigenvalue weighted by Crippen LogP contribution is -2.64. The number of fused-ring (bicyclic) bond motifs is 1. The minimum absolute atomic E-state index is 0.0139. The van der Waals surface area contributed by atoms with E-state index in [-0.39, 0.29) is 35.6 Å². The van der Waals surface area contributed by atoms with Gasteiger partial charge in [-0.2, -0.15) is 0 Å². The molecule has 186 valence electrons. The fraction of sp³-hybridized carbons (Fsp3) is 0.308. The number of aromatic nitrogens is 2. The number of aryl methyl sites for hydroxylation is 1. The Morgan fingerprint density at radius 2 is 1.86 bits per heavy atom. The van der Waals surface area contributed by atoms with Gasteiger partial charge in [-0.3, -0.25) is 14.4 Å². The number of amides is 3. The second kappa shape index (κ2) is 8.85. The third-order valence-corrected chi connectivity index (χ3v) is 6.64. The molecule has 1 unspecified atom stereocenters. The molecule has 0 spiro atoms. The van der Waals surface area contributed by atoms with Crippen molar-refractivity contribution in [3.63, 3.8) is 0 Å². The van der Waals surface area contributed by atoms with Crippen molar-refractivity contribution in [1.82, 2.24) is 19.8 Å². The molecule has 36 heavy (non-hydrogen) atoms. The molecule has 3 amide bonds. The van der Waals surface area contributed by atoms with E-state index in [1.807, 2.05) is 31.2 Å². The van der Waals surface area contributed by atoms with Crippen LogP contribution in [-0.2, 0) is 17.9 Å². The Hall–Kier alpha value is -4.08. The lowest BCUT2D eigenvalue weighted by atomic mass is 9.93. The van der Waals surface area contributed by atoms with Gasteiger partial charge in [0.15, 0.2) is 5.69 Å². The van der Waals surface area contributed by atoms with Crippen molar-refractivity contribution in [2.45, 2.75) is 51.4 Å². The normalized spacial score (nSPS) is 19.1. The van der Waals surface area contributed by atoms with Crippen LogP contribution in [0, 0.1) is 18.6 Å². The van der Waals surface area contributed by atoms with Crippen LogP contribution in [0.5, 0.6) is 0 Å². The third kappa shape index (κ3) is 4.23. The molecule has 1 fully saturated rings. The summed E-state index contributed by atoms with van der Waals surface area (Å²) in [6, 6.07) is 10.3. The van der Waals surface area contributed by atoms with Crippen molar-refractivity contribution < 1.29 is 23.2 Å². The average Bonchev–Trinajstić information content (AvgIpc) is 3.58. The van der Waals surface area contributed by atoms with Gasteiger partial charge in [0, 0.05) is 18.7 Å². The highest BCUT2D eigenvalue weighted by molar-refractivity contribution is 6.11. The molecule has 10 heteroatoms. The predicted molar refractivity (Wildman–Crippen MR) is 127 cm³/mol. The van der Waals surface area contributed by atoms with Crippen LogP contribution in [0.1, 0.15) is 51.9 Å². The molecule has 1 aliphatic heterocycles. The summed E-state index contributed by atoms with van der Waals surface area (Å²) in [5.41, 5.74) is 0.298. The molecule has 2 heterocycles. The van der Waals surface area contributed by atoms with E-state index < -0.39 is 29.0 Å². The first-order valence-electron chi connectivity index (χ1n) is 11.7. The number of halogens is 2. The molecular weight excluding hydrogens is 468 g/mol. The molecule has 2 aliphatic rings. The summed E-state index contributed by atoms with van der Waals surface area (Å²) in [6.45, 7) is 4.10. The van der Waals surface area contributed by atoms with Gasteiger partial charge in [-0.15, -0.1) is 0 Å². The lowest BCUT2D eigenvalue weighted by Gasteiger charge is -2.44. The summed E-state index contributed by atoms with van der Waals surface area (Å²) >= 11 is 0. The monoisotopic (exact) mass is 493 g/mol. The Bertz CT molecular complexity index is 1370. The molecule has 1 atom stereocenters. The molecule has 3 aromatic rings. The highest BCUT2D eigenvalue weighted by Crippen LogP contribution is 2.39. The first-order chi connectivity index (χ1) is 17.2. The number of hydrogen-bond donors (Lipinski definition) is 2. The van der Waals surface area contributed by atoms with Crippen molar-refractivity contribution in [1.29, 1.82) is 0 Å². The fourth-order valence-corrected chi connectivity index (χ4v) is 4.57. The van der Waals surface area contributed by atoms with E-state index in [1.165, 1.54) is 15.8 Å². The quantitative estimate of drug-likeness (QED) is 0.550. The molecule has 2 N–H and O–H groups in total. The highest BCUT2D eigenvalue weighted by Gasteiger charge is 2.53. The summed E-state index contributed by atoms with van der Waals surface area (Å²) in [5, 5.41) is 5.23. The number of rotatable bonds is 6. The fourth-order valence-electron chi connectivity index (χ4n) is 4.57. The number of benzene rings is 2. The van der Waals surface area contributed by atoms with Gasteiger partial charge in [0.2, 0.25) is 5.91 Å². The van der Waals surface area contributed by atoms with Gasteiger partial charge in [-0.1, -0.05) is 29.8 Å².